The quantitative estimate of drug-likeness (QED) is 0.327. The molecular weight excluding hydrogens is 447 g/mol. The lowest BCUT2D eigenvalue weighted by atomic mass is 10.3. The van der Waals surface area contributed by atoms with Gasteiger partial charge in [0.2, 0.25) is 0 Å². The van der Waals surface area contributed by atoms with E-state index >= 15 is 0 Å². The van der Waals surface area contributed by atoms with Crippen molar-refractivity contribution < 1.29 is 0 Å². The summed E-state index contributed by atoms with van der Waals surface area (Å²) in [5.41, 5.74) is 7.08. The molecule has 3 heterocycles. The number of rotatable bonds is 3. The Bertz CT molecular complexity index is 625. The van der Waals surface area contributed by atoms with Crippen molar-refractivity contribution in [1.82, 2.24) is 14.9 Å². The van der Waals surface area contributed by atoms with Gasteiger partial charge in [0.25, 0.3) is 0 Å². The highest BCUT2D eigenvalue weighted by molar-refractivity contribution is 14.0. The van der Waals surface area contributed by atoms with Crippen LogP contribution in [0.4, 0.5) is 5.13 Å². The van der Waals surface area contributed by atoms with Crippen molar-refractivity contribution in [2.75, 3.05) is 31.1 Å². The molecule has 0 saturated carbocycles. The number of hydrogen-bond acceptors (Lipinski definition) is 5. The minimum absolute atomic E-state index is 0. The van der Waals surface area contributed by atoms with E-state index in [9.17, 15) is 0 Å². The Morgan fingerprint density at radius 1 is 1.26 bits per heavy atom. The van der Waals surface area contributed by atoms with Gasteiger partial charge in [0.05, 0.1) is 6.54 Å². The summed E-state index contributed by atoms with van der Waals surface area (Å²) in [6.45, 7) is 4.04. The molecule has 2 aromatic rings. The first-order valence-corrected chi connectivity index (χ1v) is 8.28. The fraction of sp³-hybridized carbons (Fsp3) is 0.357. The number of halogens is 2. The number of aromatic nitrogens is 2. The lowest BCUT2D eigenvalue weighted by Gasteiger charge is -2.35. The molecule has 0 radical (unpaired) electrons. The van der Waals surface area contributed by atoms with Crippen LogP contribution in [0.15, 0.2) is 34.9 Å². The van der Waals surface area contributed by atoms with Crippen molar-refractivity contribution in [3.63, 3.8) is 0 Å². The van der Waals surface area contributed by atoms with E-state index in [1.807, 2.05) is 17.6 Å². The molecule has 0 aliphatic carbocycles. The number of aliphatic imine (C=N–C) groups is 1. The molecular formula is C14H18ClIN6S. The maximum atomic E-state index is 6.09. The van der Waals surface area contributed by atoms with Gasteiger partial charge in [-0.2, -0.15) is 0 Å². The van der Waals surface area contributed by atoms with Crippen molar-refractivity contribution in [3.8, 4) is 0 Å². The molecule has 1 fully saturated rings. The first-order chi connectivity index (χ1) is 10.7. The summed E-state index contributed by atoms with van der Waals surface area (Å²) < 4.78 is 0. The Morgan fingerprint density at radius 2 is 2.04 bits per heavy atom. The highest BCUT2D eigenvalue weighted by atomic mass is 127. The van der Waals surface area contributed by atoms with Crippen molar-refractivity contribution in [2.24, 2.45) is 10.7 Å². The van der Waals surface area contributed by atoms with Gasteiger partial charge < -0.3 is 15.5 Å². The van der Waals surface area contributed by atoms with E-state index in [1.165, 1.54) is 0 Å². The molecule has 1 aliphatic rings. The van der Waals surface area contributed by atoms with Gasteiger partial charge in [-0.1, -0.05) is 17.7 Å². The van der Waals surface area contributed by atoms with Crippen molar-refractivity contribution in [1.29, 1.82) is 0 Å². The largest absolute Gasteiger partial charge is 0.370 e. The molecule has 0 bridgehead atoms. The second-order valence-electron chi connectivity index (χ2n) is 4.95. The lowest BCUT2D eigenvalue weighted by Crippen LogP contribution is -2.51. The number of guanidine groups is 1. The monoisotopic (exact) mass is 464 g/mol. The number of thiazole rings is 1. The minimum Gasteiger partial charge on any atom is -0.370 e. The second kappa shape index (κ2) is 8.65. The maximum Gasteiger partial charge on any atom is 0.191 e. The van der Waals surface area contributed by atoms with Gasteiger partial charge in [0, 0.05) is 44.0 Å². The topological polar surface area (TPSA) is 70.6 Å². The van der Waals surface area contributed by atoms with Crippen LogP contribution in [0.5, 0.6) is 0 Å². The fourth-order valence-corrected chi connectivity index (χ4v) is 3.08. The van der Waals surface area contributed by atoms with Crippen molar-refractivity contribution in [3.05, 3.63) is 40.6 Å². The summed E-state index contributed by atoms with van der Waals surface area (Å²) >= 11 is 7.43. The molecule has 0 amide bonds. The van der Waals surface area contributed by atoms with Crippen molar-refractivity contribution in [2.45, 2.75) is 6.54 Å². The van der Waals surface area contributed by atoms with Gasteiger partial charge in [-0.15, -0.1) is 35.3 Å². The van der Waals surface area contributed by atoms with E-state index in [0.717, 1.165) is 36.9 Å². The Morgan fingerprint density at radius 3 is 2.65 bits per heavy atom. The molecule has 0 aromatic carbocycles. The number of anilines is 1. The van der Waals surface area contributed by atoms with E-state index in [2.05, 4.69) is 24.8 Å². The molecule has 0 spiro atoms. The van der Waals surface area contributed by atoms with Crippen LogP contribution in [0, 0.1) is 0 Å². The Kier molecular flexibility index (Phi) is 6.85. The predicted molar refractivity (Wildman–Crippen MR) is 106 cm³/mol. The summed E-state index contributed by atoms with van der Waals surface area (Å²) in [5, 5.41) is 3.55. The third-order valence-electron chi connectivity index (χ3n) is 3.51. The molecule has 2 aromatic heterocycles. The molecule has 1 saturated heterocycles. The van der Waals surface area contributed by atoms with Crippen LogP contribution in [0.25, 0.3) is 0 Å². The van der Waals surface area contributed by atoms with Gasteiger partial charge in [0.15, 0.2) is 11.1 Å². The molecule has 2 N–H and O–H groups in total. The van der Waals surface area contributed by atoms with Crippen LogP contribution in [0.1, 0.15) is 5.56 Å². The van der Waals surface area contributed by atoms with Crippen molar-refractivity contribution >= 4 is 58.0 Å². The molecule has 23 heavy (non-hydrogen) atoms. The van der Waals surface area contributed by atoms with E-state index in [-0.39, 0.29) is 24.0 Å². The van der Waals surface area contributed by atoms with Crippen LogP contribution < -0.4 is 10.6 Å². The molecule has 1 aliphatic heterocycles. The van der Waals surface area contributed by atoms with E-state index in [0.29, 0.717) is 17.7 Å². The zero-order valence-electron chi connectivity index (χ0n) is 12.4. The minimum atomic E-state index is 0. The molecule has 124 valence electrons. The number of hydrogen-bond donors (Lipinski definition) is 1. The van der Waals surface area contributed by atoms with Crippen LogP contribution in [0.2, 0.25) is 5.15 Å². The zero-order valence-corrected chi connectivity index (χ0v) is 16.3. The van der Waals surface area contributed by atoms with Gasteiger partial charge >= 0.3 is 0 Å². The number of pyridine rings is 1. The van der Waals surface area contributed by atoms with Gasteiger partial charge in [0.1, 0.15) is 5.15 Å². The summed E-state index contributed by atoms with van der Waals surface area (Å²) in [4.78, 5) is 17.2. The van der Waals surface area contributed by atoms with Gasteiger partial charge in [-0.3, -0.25) is 0 Å². The summed E-state index contributed by atoms with van der Waals surface area (Å²) in [6.07, 6.45) is 3.56. The average molecular weight is 465 g/mol. The summed E-state index contributed by atoms with van der Waals surface area (Å²) in [7, 11) is 0. The normalized spacial score (nSPS) is 15.4. The number of nitrogens with two attached hydrogens (primary N) is 1. The first-order valence-electron chi connectivity index (χ1n) is 7.02. The molecule has 9 heteroatoms. The van der Waals surface area contributed by atoms with Gasteiger partial charge in [-0.25, -0.2) is 15.0 Å². The second-order valence-corrected chi connectivity index (χ2v) is 6.21. The Hall–Kier alpha value is -1.13. The number of nitrogens with zero attached hydrogens (tertiary/aromatic N) is 5. The summed E-state index contributed by atoms with van der Waals surface area (Å²) in [5.74, 6) is 0.578. The molecule has 0 atom stereocenters. The highest BCUT2D eigenvalue weighted by Gasteiger charge is 2.19. The summed E-state index contributed by atoms with van der Waals surface area (Å²) in [6, 6.07) is 3.67. The molecule has 0 unspecified atom stereocenters. The van der Waals surface area contributed by atoms with E-state index in [4.69, 9.17) is 17.3 Å². The number of piperazine rings is 1. The zero-order chi connectivity index (χ0) is 15.4. The third kappa shape index (κ3) is 4.92. The average Bonchev–Trinajstić information content (AvgIpc) is 3.09. The van der Waals surface area contributed by atoms with Crippen LogP contribution in [0.3, 0.4) is 0 Å². The van der Waals surface area contributed by atoms with Crippen LogP contribution >= 0.6 is 46.9 Å². The van der Waals surface area contributed by atoms with Crippen LogP contribution in [-0.2, 0) is 6.54 Å². The van der Waals surface area contributed by atoms with Crippen LogP contribution in [-0.4, -0.2) is 47.0 Å². The SMILES string of the molecule is I.NC(=NCc1ccc(Cl)nc1)N1CCN(c2nccs2)CC1. The van der Waals surface area contributed by atoms with E-state index < -0.39 is 0 Å². The maximum absolute atomic E-state index is 6.09. The van der Waals surface area contributed by atoms with Gasteiger partial charge in [-0.05, 0) is 11.6 Å². The standard InChI is InChI=1S/C14H17ClN6S.HI/c15-12-2-1-11(9-18-12)10-19-13(16)20-4-6-21(7-5-20)14-17-3-8-22-14;/h1-3,8-9H,4-7,10H2,(H2,16,19);1H. The fourth-order valence-electron chi connectivity index (χ4n) is 2.27. The molecule has 3 rings (SSSR count). The third-order valence-corrected chi connectivity index (χ3v) is 4.56. The smallest absolute Gasteiger partial charge is 0.191 e. The Labute approximate surface area is 161 Å². The highest BCUT2D eigenvalue weighted by Crippen LogP contribution is 2.18. The lowest BCUT2D eigenvalue weighted by molar-refractivity contribution is 0.380. The van der Waals surface area contributed by atoms with E-state index in [1.54, 1.807) is 23.6 Å². The predicted octanol–water partition coefficient (Wildman–Crippen LogP) is 2.45. The first kappa shape index (κ1) is 18.2. The molecule has 6 nitrogen and oxygen atoms in total. The Balaban J connectivity index is 0.00000192.